The average Bonchev–Trinajstić information content (AvgIpc) is 3.34. The number of terminal acetylenes is 1. The zero-order chi connectivity index (χ0) is 51.1. The molecule has 2 aromatic carbocycles. The standard InChI is InChI=1S/C50H73BN2O16S/c1-2-3-5-17-44(54)19-8-10-28-64-31-34-67-35-32-65-29-11-9-20-46(56)23-25-49(58)52-27-30-66-33-36-68-37-38-69-70(62,63)47-21-12-14-41(39-47)48(57)22-7-4-6-18-45(55)24-26-50(59)53-43-16-13-15-42(40-43)51(60)61/h1,12-16,21,39-40,60-61H,3-11,17-20,22-38H2,(H,52,58)(H,53,59). The van der Waals surface area contributed by atoms with Crippen molar-refractivity contribution in [1.82, 2.24) is 5.32 Å². The van der Waals surface area contributed by atoms with E-state index in [2.05, 4.69) is 16.6 Å². The monoisotopic (exact) mass is 1000 g/mol. The van der Waals surface area contributed by atoms with E-state index in [-0.39, 0.29) is 129 Å². The summed E-state index contributed by atoms with van der Waals surface area (Å²) in [5.41, 5.74) is 0.841. The van der Waals surface area contributed by atoms with Crippen molar-refractivity contribution in [3.63, 3.8) is 0 Å². The zero-order valence-corrected chi connectivity index (χ0v) is 41.3. The molecule has 0 atom stereocenters. The van der Waals surface area contributed by atoms with Crippen LogP contribution < -0.4 is 16.1 Å². The number of ether oxygens (including phenoxy) is 5. The Labute approximate surface area is 413 Å². The van der Waals surface area contributed by atoms with Gasteiger partial charge < -0.3 is 44.4 Å². The van der Waals surface area contributed by atoms with Crippen LogP contribution in [0.1, 0.15) is 126 Å². The molecule has 0 fully saturated rings. The van der Waals surface area contributed by atoms with Crippen LogP contribution in [0.25, 0.3) is 0 Å². The Hall–Kier alpha value is -4.69. The minimum Gasteiger partial charge on any atom is -0.423 e. The number of unbranched alkanes of at least 4 members (excludes halogenated alkanes) is 5. The average molecular weight is 1000 g/mol. The summed E-state index contributed by atoms with van der Waals surface area (Å²) in [5, 5.41) is 23.9. The second kappa shape index (κ2) is 39.0. The number of anilines is 1. The highest BCUT2D eigenvalue weighted by Crippen LogP contribution is 2.17. The Bertz CT molecular complexity index is 2010. The lowest BCUT2D eigenvalue weighted by Crippen LogP contribution is -2.30. The number of nitrogens with one attached hydrogen (secondary N) is 2. The summed E-state index contributed by atoms with van der Waals surface area (Å²) < 4.78 is 58.0. The van der Waals surface area contributed by atoms with E-state index in [1.54, 1.807) is 12.1 Å². The van der Waals surface area contributed by atoms with Gasteiger partial charge in [-0.3, -0.25) is 33.0 Å². The largest absolute Gasteiger partial charge is 0.488 e. The van der Waals surface area contributed by atoms with Gasteiger partial charge >= 0.3 is 7.12 Å². The molecule has 0 heterocycles. The molecule has 4 N–H and O–H groups in total. The molecule has 0 radical (unpaired) electrons. The first-order chi connectivity index (χ1) is 33.8. The van der Waals surface area contributed by atoms with E-state index >= 15 is 0 Å². The highest BCUT2D eigenvalue weighted by atomic mass is 32.2. The Balaban J connectivity index is 1.40. The lowest BCUT2D eigenvalue weighted by molar-refractivity contribution is -0.125. The number of hydrogen-bond acceptors (Lipinski definition) is 16. The van der Waals surface area contributed by atoms with E-state index in [9.17, 15) is 47.2 Å². The number of rotatable bonds is 45. The molecular weight excluding hydrogens is 927 g/mol. The maximum Gasteiger partial charge on any atom is 0.488 e. The molecule has 0 saturated carbocycles. The van der Waals surface area contributed by atoms with Crippen molar-refractivity contribution in [1.29, 1.82) is 0 Å². The molecule has 0 bridgehead atoms. The van der Waals surface area contributed by atoms with Gasteiger partial charge in [-0.15, -0.1) is 12.3 Å². The third kappa shape index (κ3) is 31.5. The molecule has 0 aliphatic carbocycles. The second-order valence-corrected chi connectivity index (χ2v) is 18.0. The lowest BCUT2D eigenvalue weighted by atomic mass is 9.80. The summed E-state index contributed by atoms with van der Waals surface area (Å²) in [5.74, 6) is 1.84. The third-order valence-corrected chi connectivity index (χ3v) is 11.8. The highest BCUT2D eigenvalue weighted by Gasteiger charge is 2.18. The van der Waals surface area contributed by atoms with Gasteiger partial charge in [-0.05, 0) is 74.7 Å². The van der Waals surface area contributed by atoms with Crippen LogP contribution in [0.4, 0.5) is 5.69 Å². The first-order valence-corrected chi connectivity index (χ1v) is 25.6. The summed E-state index contributed by atoms with van der Waals surface area (Å²) in [6, 6.07) is 11.7. The van der Waals surface area contributed by atoms with Gasteiger partial charge in [0.15, 0.2) is 5.78 Å². The molecule has 0 spiro atoms. The third-order valence-electron chi connectivity index (χ3n) is 10.5. The van der Waals surface area contributed by atoms with Crippen LogP contribution in [0.15, 0.2) is 53.4 Å². The fraction of sp³-hybridized carbons (Fsp3) is 0.600. The Morgan fingerprint density at radius 1 is 0.543 bits per heavy atom. The number of carbonyl (C=O) groups is 6. The van der Waals surface area contributed by atoms with Crippen LogP contribution in [0.5, 0.6) is 0 Å². The zero-order valence-electron chi connectivity index (χ0n) is 40.5. The smallest absolute Gasteiger partial charge is 0.423 e. The molecular formula is C50H73BN2O16S. The fourth-order valence-electron chi connectivity index (χ4n) is 6.56. The number of carbonyl (C=O) groups excluding carboxylic acids is 6. The van der Waals surface area contributed by atoms with Gasteiger partial charge in [0, 0.05) is 95.2 Å². The van der Waals surface area contributed by atoms with Crippen molar-refractivity contribution < 1.29 is 75.1 Å². The molecule has 20 heteroatoms. The molecule has 18 nitrogen and oxygen atoms in total. The summed E-state index contributed by atoms with van der Waals surface area (Å²) >= 11 is 0. The van der Waals surface area contributed by atoms with Gasteiger partial charge in [0.1, 0.15) is 17.3 Å². The van der Waals surface area contributed by atoms with Crippen LogP contribution >= 0.6 is 0 Å². The molecule has 0 aliphatic rings. The number of benzene rings is 2. The summed E-state index contributed by atoms with van der Waals surface area (Å²) in [4.78, 5) is 73.1. The molecule has 0 unspecified atom stereocenters. The van der Waals surface area contributed by atoms with E-state index in [4.69, 9.17) is 34.3 Å². The van der Waals surface area contributed by atoms with Crippen molar-refractivity contribution in [3.05, 3.63) is 54.1 Å². The van der Waals surface area contributed by atoms with Crippen molar-refractivity contribution in [3.8, 4) is 12.3 Å². The minimum atomic E-state index is -4.16. The van der Waals surface area contributed by atoms with Gasteiger partial charge in [0.25, 0.3) is 10.1 Å². The number of ketones is 4. The van der Waals surface area contributed by atoms with Crippen LogP contribution in [0.2, 0.25) is 0 Å². The maximum absolute atomic E-state index is 12.8. The SMILES string of the molecule is C#CCCCC(=O)CCCCOCCOCCOCCCCC(=O)CCC(=O)NCCOCCOCCOS(=O)(=O)c1cccc(C(=O)CCCCCC(=O)CCC(=O)Nc2cccc(B(O)O)c2)c1. The maximum atomic E-state index is 12.8. The molecule has 70 heavy (non-hydrogen) atoms. The first kappa shape index (κ1) is 61.4. The van der Waals surface area contributed by atoms with Crippen LogP contribution in [-0.2, 0) is 62.0 Å². The number of hydrogen-bond donors (Lipinski definition) is 4. The van der Waals surface area contributed by atoms with Gasteiger partial charge in [0.05, 0.1) is 64.4 Å². The van der Waals surface area contributed by atoms with Gasteiger partial charge in [0.2, 0.25) is 11.8 Å². The van der Waals surface area contributed by atoms with E-state index in [1.807, 2.05) is 0 Å². The predicted molar refractivity (Wildman–Crippen MR) is 263 cm³/mol. The van der Waals surface area contributed by atoms with Crippen molar-refractivity contribution in [2.45, 2.75) is 120 Å². The van der Waals surface area contributed by atoms with E-state index in [0.29, 0.717) is 96.7 Å². The van der Waals surface area contributed by atoms with Gasteiger partial charge in [-0.1, -0.05) is 30.7 Å². The minimum absolute atomic E-state index is 0.0116. The molecule has 2 rings (SSSR count). The van der Waals surface area contributed by atoms with Crippen LogP contribution in [0.3, 0.4) is 0 Å². The summed E-state index contributed by atoms with van der Waals surface area (Å²) in [6.45, 7) is 3.51. The fourth-order valence-corrected chi connectivity index (χ4v) is 7.50. The molecule has 0 aliphatic heterocycles. The van der Waals surface area contributed by atoms with Crippen molar-refractivity contribution in [2.24, 2.45) is 0 Å². The van der Waals surface area contributed by atoms with E-state index < -0.39 is 17.2 Å². The van der Waals surface area contributed by atoms with E-state index in [1.165, 1.54) is 36.4 Å². The topological polar surface area (TPSA) is 256 Å². The Morgan fingerprint density at radius 3 is 1.67 bits per heavy atom. The van der Waals surface area contributed by atoms with Crippen LogP contribution in [0, 0.1) is 12.3 Å². The van der Waals surface area contributed by atoms with Crippen molar-refractivity contribution >= 4 is 63.3 Å². The number of Topliss-reactive ketones (excluding diaryl/α,β-unsaturated/α-hetero) is 4. The summed E-state index contributed by atoms with van der Waals surface area (Å²) in [6.07, 6.45) is 13.4. The second-order valence-electron chi connectivity index (χ2n) is 16.3. The molecule has 388 valence electrons. The number of amides is 2. The van der Waals surface area contributed by atoms with Gasteiger partial charge in [-0.2, -0.15) is 8.42 Å². The lowest BCUT2D eigenvalue weighted by Gasteiger charge is -2.09. The predicted octanol–water partition coefficient (Wildman–Crippen LogP) is 4.45. The first-order valence-electron chi connectivity index (χ1n) is 24.2. The summed E-state index contributed by atoms with van der Waals surface area (Å²) in [7, 11) is -5.83. The Morgan fingerprint density at radius 2 is 1.06 bits per heavy atom. The highest BCUT2D eigenvalue weighted by molar-refractivity contribution is 7.86. The molecule has 0 saturated heterocycles. The molecule has 2 aromatic rings. The van der Waals surface area contributed by atoms with E-state index in [0.717, 1.165) is 25.7 Å². The van der Waals surface area contributed by atoms with Crippen LogP contribution in [-0.4, -0.2) is 140 Å². The molecule has 0 aromatic heterocycles. The normalized spacial score (nSPS) is 11.2. The quantitative estimate of drug-likeness (QED) is 0.0235. The molecule has 2 amide bonds. The Kier molecular flexibility index (Phi) is 34.2. The van der Waals surface area contributed by atoms with Gasteiger partial charge in [-0.25, -0.2) is 0 Å². The van der Waals surface area contributed by atoms with Crippen molar-refractivity contribution in [2.75, 3.05) is 84.5 Å².